The smallest absolute Gasteiger partial charge is 0.137 e. The summed E-state index contributed by atoms with van der Waals surface area (Å²) in [6.07, 6.45) is 4.23. The topological polar surface area (TPSA) is 68.4 Å². The Morgan fingerprint density at radius 1 is 1.53 bits per heavy atom. The molecular weight excluding hydrogens is 192 g/mol. The summed E-state index contributed by atoms with van der Waals surface area (Å²) < 4.78 is 5.42. The van der Waals surface area contributed by atoms with Gasteiger partial charge in [0.15, 0.2) is 0 Å². The van der Waals surface area contributed by atoms with Gasteiger partial charge in [0.25, 0.3) is 0 Å². The van der Waals surface area contributed by atoms with Gasteiger partial charge in [0.05, 0.1) is 18.9 Å². The van der Waals surface area contributed by atoms with Crippen molar-refractivity contribution in [1.29, 1.82) is 0 Å². The maximum absolute atomic E-state index is 9.69. The molecule has 1 aromatic heterocycles. The summed E-state index contributed by atoms with van der Waals surface area (Å²) in [5.74, 6) is 0.699. The zero-order chi connectivity index (χ0) is 11.1. The molecule has 0 aliphatic rings. The molecule has 0 spiro atoms. The molecule has 1 aromatic rings. The molecule has 84 valence electrons. The molecule has 1 rings (SSSR count). The number of nitrogens with two attached hydrogens (primary N) is 1. The zero-order valence-corrected chi connectivity index (χ0v) is 9.02. The van der Waals surface area contributed by atoms with E-state index in [1.807, 2.05) is 13.0 Å². The van der Waals surface area contributed by atoms with E-state index in [2.05, 4.69) is 4.98 Å². The standard InChI is InChI=1S/C11H18N2O2/c1-2-5-15-10-6-9(7-13-8-10)11(14)3-4-12/h6-8,11,14H,2-5,12H2,1H3. The maximum Gasteiger partial charge on any atom is 0.137 e. The van der Waals surface area contributed by atoms with Gasteiger partial charge in [-0.3, -0.25) is 4.98 Å². The zero-order valence-electron chi connectivity index (χ0n) is 9.02. The summed E-state index contributed by atoms with van der Waals surface area (Å²) in [5, 5.41) is 9.69. The lowest BCUT2D eigenvalue weighted by atomic mass is 10.1. The van der Waals surface area contributed by atoms with Crippen LogP contribution in [0.2, 0.25) is 0 Å². The Balaban J connectivity index is 2.64. The van der Waals surface area contributed by atoms with Crippen LogP contribution >= 0.6 is 0 Å². The van der Waals surface area contributed by atoms with E-state index < -0.39 is 6.10 Å². The van der Waals surface area contributed by atoms with Crippen LogP contribution in [0, 0.1) is 0 Å². The van der Waals surface area contributed by atoms with E-state index in [-0.39, 0.29) is 0 Å². The Bertz CT molecular complexity index is 292. The second-order valence-electron chi connectivity index (χ2n) is 3.40. The fourth-order valence-corrected chi connectivity index (χ4v) is 1.24. The second kappa shape index (κ2) is 6.37. The SMILES string of the molecule is CCCOc1cncc(C(O)CCN)c1. The summed E-state index contributed by atoms with van der Waals surface area (Å²) in [7, 11) is 0. The number of ether oxygens (including phenoxy) is 1. The number of pyridine rings is 1. The molecule has 0 aromatic carbocycles. The van der Waals surface area contributed by atoms with E-state index in [9.17, 15) is 5.11 Å². The van der Waals surface area contributed by atoms with Gasteiger partial charge < -0.3 is 15.6 Å². The quantitative estimate of drug-likeness (QED) is 0.741. The van der Waals surface area contributed by atoms with Crippen molar-refractivity contribution >= 4 is 0 Å². The van der Waals surface area contributed by atoms with Gasteiger partial charge in [0.2, 0.25) is 0 Å². The first-order chi connectivity index (χ1) is 7.27. The van der Waals surface area contributed by atoms with Gasteiger partial charge in [-0.15, -0.1) is 0 Å². The first-order valence-electron chi connectivity index (χ1n) is 5.23. The van der Waals surface area contributed by atoms with Crippen LogP contribution in [0.15, 0.2) is 18.5 Å². The number of hydrogen-bond donors (Lipinski definition) is 2. The average Bonchev–Trinajstić information content (AvgIpc) is 2.27. The Labute approximate surface area is 90.1 Å². The maximum atomic E-state index is 9.69. The monoisotopic (exact) mass is 210 g/mol. The van der Waals surface area contributed by atoms with Gasteiger partial charge in [0, 0.05) is 11.8 Å². The van der Waals surface area contributed by atoms with Gasteiger partial charge in [-0.25, -0.2) is 0 Å². The minimum absolute atomic E-state index is 0.460. The predicted octanol–water partition coefficient (Wildman–Crippen LogP) is 1.25. The number of rotatable bonds is 6. The fourth-order valence-electron chi connectivity index (χ4n) is 1.24. The summed E-state index contributed by atoms with van der Waals surface area (Å²) in [6.45, 7) is 3.17. The van der Waals surface area contributed by atoms with Gasteiger partial charge in [-0.05, 0) is 25.5 Å². The van der Waals surface area contributed by atoms with Gasteiger partial charge in [-0.1, -0.05) is 6.92 Å². The van der Waals surface area contributed by atoms with E-state index >= 15 is 0 Å². The van der Waals surface area contributed by atoms with Crippen LogP contribution in [0.25, 0.3) is 0 Å². The van der Waals surface area contributed by atoms with Crippen molar-refractivity contribution in [2.75, 3.05) is 13.2 Å². The third-order valence-electron chi connectivity index (χ3n) is 2.03. The average molecular weight is 210 g/mol. The highest BCUT2D eigenvalue weighted by atomic mass is 16.5. The molecule has 0 bridgehead atoms. The van der Waals surface area contributed by atoms with E-state index in [1.165, 1.54) is 0 Å². The number of hydrogen-bond acceptors (Lipinski definition) is 4. The van der Waals surface area contributed by atoms with Crippen molar-refractivity contribution in [3.63, 3.8) is 0 Å². The van der Waals surface area contributed by atoms with Gasteiger partial charge in [0.1, 0.15) is 5.75 Å². The highest BCUT2D eigenvalue weighted by Crippen LogP contribution is 2.19. The Morgan fingerprint density at radius 3 is 3.00 bits per heavy atom. The molecule has 4 heteroatoms. The van der Waals surface area contributed by atoms with Crippen LogP contribution < -0.4 is 10.5 Å². The summed E-state index contributed by atoms with van der Waals surface area (Å²) in [4.78, 5) is 4.02. The number of aliphatic hydroxyl groups is 1. The van der Waals surface area contributed by atoms with Crippen molar-refractivity contribution in [1.82, 2.24) is 4.98 Å². The van der Waals surface area contributed by atoms with Crippen LogP contribution in [-0.4, -0.2) is 23.2 Å². The Kier molecular flexibility index (Phi) is 5.07. The first kappa shape index (κ1) is 11.9. The van der Waals surface area contributed by atoms with Crippen LogP contribution in [-0.2, 0) is 0 Å². The third kappa shape index (κ3) is 3.85. The Hall–Kier alpha value is -1.13. The molecule has 0 radical (unpaired) electrons. The Morgan fingerprint density at radius 2 is 2.33 bits per heavy atom. The van der Waals surface area contributed by atoms with Crippen LogP contribution in [0.1, 0.15) is 31.4 Å². The minimum atomic E-state index is -0.548. The number of aliphatic hydroxyl groups excluding tert-OH is 1. The van der Waals surface area contributed by atoms with Crippen molar-refractivity contribution in [2.45, 2.75) is 25.9 Å². The lowest BCUT2D eigenvalue weighted by Crippen LogP contribution is -2.07. The van der Waals surface area contributed by atoms with Crippen molar-refractivity contribution in [3.05, 3.63) is 24.0 Å². The highest BCUT2D eigenvalue weighted by molar-refractivity contribution is 5.25. The third-order valence-corrected chi connectivity index (χ3v) is 2.03. The highest BCUT2D eigenvalue weighted by Gasteiger charge is 2.07. The molecule has 0 aliphatic heterocycles. The lowest BCUT2D eigenvalue weighted by Gasteiger charge is -2.10. The molecule has 4 nitrogen and oxygen atoms in total. The first-order valence-corrected chi connectivity index (χ1v) is 5.23. The van der Waals surface area contributed by atoms with E-state index in [0.717, 1.165) is 12.0 Å². The fraction of sp³-hybridized carbons (Fsp3) is 0.545. The molecule has 0 amide bonds. The minimum Gasteiger partial charge on any atom is -0.492 e. The van der Waals surface area contributed by atoms with Crippen LogP contribution in [0.5, 0.6) is 5.75 Å². The van der Waals surface area contributed by atoms with E-state index in [4.69, 9.17) is 10.5 Å². The second-order valence-corrected chi connectivity index (χ2v) is 3.40. The summed E-state index contributed by atoms with van der Waals surface area (Å²) in [6, 6.07) is 1.81. The normalized spacial score (nSPS) is 12.5. The molecular formula is C11H18N2O2. The molecule has 1 unspecified atom stereocenters. The van der Waals surface area contributed by atoms with E-state index in [0.29, 0.717) is 25.3 Å². The molecule has 0 fully saturated rings. The van der Waals surface area contributed by atoms with Crippen molar-refractivity contribution in [3.8, 4) is 5.75 Å². The molecule has 15 heavy (non-hydrogen) atoms. The molecule has 0 saturated carbocycles. The summed E-state index contributed by atoms with van der Waals surface area (Å²) >= 11 is 0. The molecule has 0 aliphatic carbocycles. The number of nitrogens with zero attached hydrogens (tertiary/aromatic N) is 1. The number of aromatic nitrogens is 1. The van der Waals surface area contributed by atoms with Crippen LogP contribution in [0.4, 0.5) is 0 Å². The molecule has 0 saturated heterocycles. The van der Waals surface area contributed by atoms with Crippen LogP contribution in [0.3, 0.4) is 0 Å². The van der Waals surface area contributed by atoms with Crippen molar-refractivity contribution < 1.29 is 9.84 Å². The molecule has 1 heterocycles. The lowest BCUT2D eigenvalue weighted by molar-refractivity contribution is 0.169. The van der Waals surface area contributed by atoms with Gasteiger partial charge >= 0.3 is 0 Å². The largest absolute Gasteiger partial charge is 0.492 e. The summed E-state index contributed by atoms with van der Waals surface area (Å²) in [5.41, 5.74) is 6.13. The van der Waals surface area contributed by atoms with E-state index in [1.54, 1.807) is 12.4 Å². The molecule has 1 atom stereocenters. The van der Waals surface area contributed by atoms with Gasteiger partial charge in [-0.2, -0.15) is 0 Å². The predicted molar refractivity (Wildman–Crippen MR) is 58.7 cm³/mol. The van der Waals surface area contributed by atoms with Crippen molar-refractivity contribution in [2.24, 2.45) is 5.73 Å². The molecule has 3 N–H and O–H groups in total.